The Morgan fingerprint density at radius 1 is 1.27 bits per heavy atom. The van der Waals surface area contributed by atoms with Crippen molar-refractivity contribution in [3.63, 3.8) is 0 Å². The third-order valence-corrected chi connectivity index (χ3v) is 3.66. The zero-order valence-corrected chi connectivity index (χ0v) is 12.7. The lowest BCUT2D eigenvalue weighted by molar-refractivity contribution is -0.111. The minimum Gasteiger partial charge on any atom is -0.322 e. The highest BCUT2D eigenvalue weighted by atomic mass is 35.5. The highest BCUT2D eigenvalue weighted by Gasteiger charge is 2.07. The van der Waals surface area contributed by atoms with Gasteiger partial charge >= 0.3 is 0 Å². The van der Waals surface area contributed by atoms with Gasteiger partial charge in [-0.3, -0.25) is 9.89 Å². The molecule has 0 atom stereocenters. The normalized spacial score (nSPS) is 10.6. The summed E-state index contributed by atoms with van der Waals surface area (Å²) in [6.07, 6.45) is 1.22. The quantitative estimate of drug-likeness (QED) is 0.708. The molecule has 0 aliphatic heterocycles. The van der Waals surface area contributed by atoms with Crippen molar-refractivity contribution in [3.05, 3.63) is 59.8 Å². The molecule has 0 aliphatic rings. The Hall–Kier alpha value is -2.59. The summed E-state index contributed by atoms with van der Waals surface area (Å²) in [6, 6.07) is 11.5. The molecule has 0 saturated heterocycles. The standard InChI is InChI=1S/C17H14ClN3O/c1-3-17(22)19-14-7-12(6-13(18)9-14)11-4-5-16-15(8-11)10(2)20-21-16/h3-9H,1H2,2H3,(H,19,22)(H,20,21). The van der Waals surface area contributed by atoms with E-state index in [1.54, 1.807) is 6.07 Å². The molecule has 0 radical (unpaired) electrons. The van der Waals surface area contributed by atoms with E-state index in [2.05, 4.69) is 28.2 Å². The lowest BCUT2D eigenvalue weighted by Crippen LogP contribution is -2.07. The SMILES string of the molecule is C=CC(=O)Nc1cc(Cl)cc(-c2ccc3[nH]nc(C)c3c2)c1. The van der Waals surface area contributed by atoms with E-state index < -0.39 is 0 Å². The fourth-order valence-electron chi connectivity index (χ4n) is 2.35. The highest BCUT2D eigenvalue weighted by Crippen LogP contribution is 2.30. The van der Waals surface area contributed by atoms with Crippen molar-refractivity contribution < 1.29 is 4.79 Å². The fraction of sp³-hybridized carbons (Fsp3) is 0.0588. The van der Waals surface area contributed by atoms with E-state index in [9.17, 15) is 4.79 Å². The summed E-state index contributed by atoms with van der Waals surface area (Å²) in [6.45, 7) is 5.40. The second-order valence-electron chi connectivity index (χ2n) is 4.99. The first-order chi connectivity index (χ1) is 10.6. The molecular formula is C17H14ClN3O. The summed E-state index contributed by atoms with van der Waals surface area (Å²) >= 11 is 6.16. The first-order valence-corrected chi connectivity index (χ1v) is 7.14. The van der Waals surface area contributed by atoms with Gasteiger partial charge in [0.15, 0.2) is 0 Å². The zero-order valence-electron chi connectivity index (χ0n) is 12.0. The third-order valence-electron chi connectivity index (χ3n) is 3.44. The number of hydrogen-bond acceptors (Lipinski definition) is 2. The van der Waals surface area contributed by atoms with Gasteiger partial charge in [-0.15, -0.1) is 0 Å². The number of benzene rings is 2. The number of amides is 1. The van der Waals surface area contributed by atoms with Crippen molar-refractivity contribution in [1.82, 2.24) is 10.2 Å². The van der Waals surface area contributed by atoms with Crippen LogP contribution in [-0.4, -0.2) is 16.1 Å². The van der Waals surface area contributed by atoms with E-state index in [0.717, 1.165) is 27.7 Å². The Labute approximate surface area is 132 Å². The van der Waals surface area contributed by atoms with Crippen LogP contribution in [0, 0.1) is 6.92 Å². The van der Waals surface area contributed by atoms with Crippen molar-refractivity contribution in [2.45, 2.75) is 6.92 Å². The van der Waals surface area contributed by atoms with Gasteiger partial charge in [0.05, 0.1) is 11.2 Å². The van der Waals surface area contributed by atoms with Gasteiger partial charge in [-0.25, -0.2) is 0 Å². The predicted molar refractivity (Wildman–Crippen MR) is 90.1 cm³/mol. The van der Waals surface area contributed by atoms with Gasteiger partial charge in [0.2, 0.25) is 5.91 Å². The largest absolute Gasteiger partial charge is 0.322 e. The summed E-state index contributed by atoms with van der Waals surface area (Å²) in [5.74, 6) is -0.269. The number of aryl methyl sites for hydroxylation is 1. The topological polar surface area (TPSA) is 57.8 Å². The van der Waals surface area contributed by atoms with Gasteiger partial charge in [0.25, 0.3) is 0 Å². The molecule has 0 saturated carbocycles. The molecule has 0 aliphatic carbocycles. The minimum absolute atomic E-state index is 0.269. The van der Waals surface area contributed by atoms with Crippen LogP contribution in [0.2, 0.25) is 5.02 Å². The minimum atomic E-state index is -0.269. The van der Waals surface area contributed by atoms with E-state index in [1.165, 1.54) is 6.08 Å². The second kappa shape index (κ2) is 5.66. The molecule has 110 valence electrons. The molecule has 2 aromatic carbocycles. The van der Waals surface area contributed by atoms with Crippen molar-refractivity contribution in [1.29, 1.82) is 0 Å². The fourth-order valence-corrected chi connectivity index (χ4v) is 2.58. The second-order valence-corrected chi connectivity index (χ2v) is 5.43. The summed E-state index contributed by atoms with van der Waals surface area (Å²) in [5.41, 5.74) is 4.50. The van der Waals surface area contributed by atoms with E-state index in [4.69, 9.17) is 11.6 Å². The number of fused-ring (bicyclic) bond motifs is 1. The van der Waals surface area contributed by atoms with Crippen LogP contribution in [0.1, 0.15) is 5.69 Å². The number of nitrogens with zero attached hydrogens (tertiary/aromatic N) is 1. The van der Waals surface area contributed by atoms with Crippen LogP contribution in [-0.2, 0) is 4.79 Å². The molecule has 2 N–H and O–H groups in total. The Balaban J connectivity index is 2.07. The number of carbonyl (C=O) groups is 1. The molecule has 4 nitrogen and oxygen atoms in total. The molecule has 3 rings (SSSR count). The zero-order chi connectivity index (χ0) is 15.7. The van der Waals surface area contributed by atoms with Gasteiger partial charge in [0.1, 0.15) is 0 Å². The van der Waals surface area contributed by atoms with Crippen LogP contribution in [0.4, 0.5) is 5.69 Å². The maximum Gasteiger partial charge on any atom is 0.247 e. The van der Waals surface area contributed by atoms with Crippen molar-refractivity contribution >= 4 is 34.1 Å². The Kier molecular flexibility index (Phi) is 3.69. The van der Waals surface area contributed by atoms with Crippen molar-refractivity contribution in [3.8, 4) is 11.1 Å². The Morgan fingerprint density at radius 3 is 2.86 bits per heavy atom. The summed E-state index contributed by atoms with van der Waals surface area (Å²) in [4.78, 5) is 11.4. The number of anilines is 1. The van der Waals surface area contributed by atoms with Crippen LogP contribution in [0.15, 0.2) is 49.1 Å². The monoisotopic (exact) mass is 311 g/mol. The average molecular weight is 312 g/mol. The number of carbonyl (C=O) groups excluding carboxylic acids is 1. The molecular weight excluding hydrogens is 298 g/mol. The molecule has 3 aromatic rings. The molecule has 0 bridgehead atoms. The van der Waals surface area contributed by atoms with E-state index in [-0.39, 0.29) is 5.91 Å². The number of hydrogen-bond donors (Lipinski definition) is 2. The maximum absolute atomic E-state index is 11.4. The molecule has 0 unspecified atom stereocenters. The first kappa shape index (κ1) is 14.4. The van der Waals surface area contributed by atoms with Gasteiger partial charge < -0.3 is 5.32 Å². The number of aromatic nitrogens is 2. The summed E-state index contributed by atoms with van der Waals surface area (Å²) in [5, 5.41) is 11.5. The van der Waals surface area contributed by atoms with Gasteiger partial charge in [-0.1, -0.05) is 24.2 Å². The number of aromatic amines is 1. The smallest absolute Gasteiger partial charge is 0.247 e. The number of halogens is 1. The maximum atomic E-state index is 11.4. The van der Waals surface area contributed by atoms with Gasteiger partial charge in [-0.05, 0) is 54.5 Å². The van der Waals surface area contributed by atoms with Crippen LogP contribution < -0.4 is 5.32 Å². The van der Waals surface area contributed by atoms with Crippen LogP contribution >= 0.6 is 11.6 Å². The van der Waals surface area contributed by atoms with E-state index in [1.807, 2.05) is 31.2 Å². The molecule has 1 aromatic heterocycles. The third kappa shape index (κ3) is 2.73. The van der Waals surface area contributed by atoms with E-state index in [0.29, 0.717) is 10.7 Å². The number of nitrogens with one attached hydrogen (secondary N) is 2. The summed E-state index contributed by atoms with van der Waals surface area (Å²) < 4.78 is 0. The van der Waals surface area contributed by atoms with Crippen molar-refractivity contribution in [2.75, 3.05) is 5.32 Å². The lowest BCUT2D eigenvalue weighted by Gasteiger charge is -2.08. The summed E-state index contributed by atoms with van der Waals surface area (Å²) in [7, 11) is 0. The number of H-pyrrole nitrogens is 1. The predicted octanol–water partition coefficient (Wildman–Crippen LogP) is 4.32. The Morgan fingerprint density at radius 2 is 2.09 bits per heavy atom. The van der Waals surface area contributed by atoms with Gasteiger partial charge in [0, 0.05) is 16.1 Å². The first-order valence-electron chi connectivity index (χ1n) is 6.76. The molecule has 0 fully saturated rings. The molecule has 22 heavy (non-hydrogen) atoms. The molecule has 0 spiro atoms. The van der Waals surface area contributed by atoms with E-state index >= 15 is 0 Å². The van der Waals surface area contributed by atoms with Crippen LogP contribution in [0.25, 0.3) is 22.0 Å². The van der Waals surface area contributed by atoms with Crippen molar-refractivity contribution in [2.24, 2.45) is 0 Å². The van der Waals surface area contributed by atoms with Gasteiger partial charge in [-0.2, -0.15) is 5.10 Å². The number of rotatable bonds is 3. The van der Waals surface area contributed by atoms with Crippen LogP contribution in [0.3, 0.4) is 0 Å². The van der Waals surface area contributed by atoms with Crippen LogP contribution in [0.5, 0.6) is 0 Å². The lowest BCUT2D eigenvalue weighted by atomic mass is 10.0. The average Bonchev–Trinajstić information content (AvgIpc) is 2.87. The molecule has 5 heteroatoms. The highest BCUT2D eigenvalue weighted by molar-refractivity contribution is 6.31. The Bertz CT molecular complexity index is 883. The molecule has 1 heterocycles. The molecule has 1 amide bonds.